The number of β-amino-alcohol motifs (C(OH)–C–C–N with tert-alkyl or cyclic N) is 1. The molecule has 1 aliphatic rings. The largest absolute Gasteiger partial charge is 0.395 e. The van der Waals surface area contributed by atoms with Crippen LogP contribution in [0.25, 0.3) is 0 Å². The van der Waals surface area contributed by atoms with Gasteiger partial charge >= 0.3 is 0 Å². The molecule has 1 saturated heterocycles. The summed E-state index contributed by atoms with van der Waals surface area (Å²) in [5, 5.41) is 8.54. The fraction of sp³-hybridized carbons (Fsp3) is 1.00. The molecule has 1 aliphatic heterocycles. The molecule has 1 radical (unpaired) electrons. The van der Waals surface area contributed by atoms with Crippen molar-refractivity contribution in [1.29, 1.82) is 0 Å². The fourth-order valence-corrected chi connectivity index (χ4v) is 1.34. The number of rotatable bonds is 2. The van der Waals surface area contributed by atoms with E-state index in [0.717, 1.165) is 13.0 Å². The van der Waals surface area contributed by atoms with Crippen LogP contribution in [0.5, 0.6) is 0 Å². The molecule has 2 nitrogen and oxygen atoms in total. The van der Waals surface area contributed by atoms with E-state index in [2.05, 4.69) is 0 Å². The van der Waals surface area contributed by atoms with Crippen LogP contribution in [-0.4, -0.2) is 42.4 Å². The second-order valence-electron chi connectivity index (χ2n) is 2.76. The zero-order valence-electron chi connectivity index (χ0n) is 6.54. The predicted octanol–water partition coefficient (Wildman–Crippen LogP) is 0.410. The molecule has 1 fully saturated rings. The summed E-state index contributed by atoms with van der Waals surface area (Å²) in [6, 6.07) is 0. The van der Waals surface area contributed by atoms with E-state index in [0.29, 0.717) is 19.5 Å². The normalized spacial score (nSPS) is 26.2. The van der Waals surface area contributed by atoms with Crippen LogP contribution in [0.2, 0.25) is 0 Å². The van der Waals surface area contributed by atoms with E-state index in [4.69, 9.17) is 5.11 Å². The van der Waals surface area contributed by atoms with Crippen molar-refractivity contribution in [1.82, 2.24) is 4.90 Å². The third kappa shape index (κ3) is 4.11. The molecule has 0 bridgehead atoms. The Kier molecular flexibility index (Phi) is 6.24. The van der Waals surface area contributed by atoms with Crippen LogP contribution >= 0.6 is 0 Å². The van der Waals surface area contributed by atoms with Crippen LogP contribution in [-0.2, 0) is 18.6 Å². The maximum absolute atomic E-state index is 12.6. The first-order chi connectivity index (χ1) is 4.83. The van der Waals surface area contributed by atoms with Gasteiger partial charge in [-0.05, 0) is 19.4 Å². The Hall–Kier alpha value is 0.434. The molecule has 0 aromatic heterocycles. The molecule has 1 rings (SSSR count). The first kappa shape index (κ1) is 11.4. The van der Waals surface area contributed by atoms with Crippen LogP contribution in [0.3, 0.4) is 0 Å². The van der Waals surface area contributed by atoms with Gasteiger partial charge in [0.05, 0.1) is 6.61 Å². The molecule has 0 aromatic carbocycles. The Morgan fingerprint density at radius 2 is 2.27 bits per heavy atom. The number of aliphatic hydroxyl groups is 1. The molecule has 4 heteroatoms. The second-order valence-corrected chi connectivity index (χ2v) is 2.76. The van der Waals surface area contributed by atoms with Gasteiger partial charge < -0.3 is 5.11 Å². The number of hydrogen-bond acceptors (Lipinski definition) is 2. The molecule has 1 atom stereocenters. The van der Waals surface area contributed by atoms with E-state index in [1.165, 1.54) is 0 Å². The third-order valence-corrected chi connectivity index (χ3v) is 1.86. The number of hydrogen-bond donors (Lipinski definition) is 1. The summed E-state index contributed by atoms with van der Waals surface area (Å²) in [5.41, 5.74) is 0. The zero-order valence-corrected chi connectivity index (χ0v) is 7.94. The van der Waals surface area contributed by atoms with Gasteiger partial charge in [0.15, 0.2) is 0 Å². The molecule has 11 heavy (non-hydrogen) atoms. The third-order valence-electron chi connectivity index (χ3n) is 1.86. The maximum Gasteiger partial charge on any atom is 0.113 e. The number of likely N-dealkylation sites (tertiary alicyclic amines) is 1. The van der Waals surface area contributed by atoms with Gasteiger partial charge in [-0.2, -0.15) is 0 Å². The Morgan fingerprint density at radius 3 is 2.82 bits per heavy atom. The zero-order chi connectivity index (χ0) is 7.40. The van der Waals surface area contributed by atoms with Crippen molar-refractivity contribution in [3.63, 3.8) is 0 Å². The Labute approximate surface area is 78.7 Å². The molecule has 1 heterocycles. The number of nitrogens with zero attached hydrogens (tertiary/aromatic N) is 1. The van der Waals surface area contributed by atoms with E-state index in [1.807, 2.05) is 4.90 Å². The van der Waals surface area contributed by atoms with Crippen molar-refractivity contribution in [2.75, 3.05) is 26.2 Å². The van der Waals surface area contributed by atoms with Crippen molar-refractivity contribution in [3.05, 3.63) is 0 Å². The monoisotopic (exact) mass is 198 g/mol. The van der Waals surface area contributed by atoms with E-state index >= 15 is 0 Å². The standard InChI is InChI=1S/C7H14FNO.V/c8-7-2-1-3-9(6-7)4-5-10;/h7,10H,1-6H2;. The van der Waals surface area contributed by atoms with Gasteiger partial charge in [0, 0.05) is 31.6 Å². The fourth-order valence-electron chi connectivity index (χ4n) is 1.34. The maximum atomic E-state index is 12.6. The van der Waals surface area contributed by atoms with Crippen molar-refractivity contribution in [2.24, 2.45) is 0 Å². The van der Waals surface area contributed by atoms with E-state index in [1.54, 1.807) is 0 Å². The van der Waals surface area contributed by atoms with Crippen molar-refractivity contribution in [3.8, 4) is 0 Å². The Balaban J connectivity index is 0.000001000. The molecular formula is C7H14FNOV. The van der Waals surface area contributed by atoms with Crippen LogP contribution in [0.1, 0.15) is 12.8 Å². The number of piperidine rings is 1. The minimum Gasteiger partial charge on any atom is -0.395 e. The van der Waals surface area contributed by atoms with Gasteiger partial charge in [0.25, 0.3) is 0 Å². The molecule has 0 aromatic rings. The van der Waals surface area contributed by atoms with Crippen LogP contribution in [0, 0.1) is 0 Å². The quantitative estimate of drug-likeness (QED) is 0.694. The average Bonchev–Trinajstić information content (AvgIpc) is 1.88. The molecule has 0 saturated carbocycles. The van der Waals surface area contributed by atoms with Gasteiger partial charge in [-0.1, -0.05) is 0 Å². The van der Waals surface area contributed by atoms with Crippen molar-refractivity contribution in [2.45, 2.75) is 19.0 Å². The Morgan fingerprint density at radius 1 is 1.55 bits per heavy atom. The topological polar surface area (TPSA) is 23.5 Å². The first-order valence-electron chi connectivity index (χ1n) is 3.80. The van der Waals surface area contributed by atoms with E-state index in [9.17, 15) is 4.39 Å². The molecule has 1 N–H and O–H groups in total. The van der Waals surface area contributed by atoms with Crippen LogP contribution < -0.4 is 0 Å². The SMILES string of the molecule is OCCN1CCCC(F)C1.[V]. The molecule has 0 spiro atoms. The summed E-state index contributed by atoms with van der Waals surface area (Å²) in [6.07, 6.45) is 0.962. The summed E-state index contributed by atoms with van der Waals surface area (Å²) in [4.78, 5) is 1.97. The van der Waals surface area contributed by atoms with Gasteiger partial charge in [-0.25, -0.2) is 4.39 Å². The number of halogens is 1. The van der Waals surface area contributed by atoms with Gasteiger partial charge in [-0.15, -0.1) is 0 Å². The van der Waals surface area contributed by atoms with Gasteiger partial charge in [0.2, 0.25) is 0 Å². The molecule has 65 valence electrons. The number of aliphatic hydroxyl groups excluding tert-OH is 1. The summed E-state index contributed by atoms with van der Waals surface area (Å²) < 4.78 is 12.6. The molecule has 0 aliphatic carbocycles. The minimum atomic E-state index is -0.666. The molecule has 1 unspecified atom stereocenters. The van der Waals surface area contributed by atoms with E-state index < -0.39 is 6.17 Å². The van der Waals surface area contributed by atoms with Crippen molar-refractivity contribution >= 4 is 0 Å². The van der Waals surface area contributed by atoms with Gasteiger partial charge in [-0.3, -0.25) is 4.90 Å². The van der Waals surface area contributed by atoms with Crippen LogP contribution in [0.4, 0.5) is 4.39 Å². The summed E-state index contributed by atoms with van der Waals surface area (Å²) in [5.74, 6) is 0. The smallest absolute Gasteiger partial charge is 0.113 e. The predicted molar refractivity (Wildman–Crippen MR) is 37.7 cm³/mol. The summed E-state index contributed by atoms with van der Waals surface area (Å²) in [7, 11) is 0. The van der Waals surface area contributed by atoms with Crippen molar-refractivity contribution < 1.29 is 28.1 Å². The first-order valence-corrected chi connectivity index (χ1v) is 3.80. The average molecular weight is 198 g/mol. The minimum absolute atomic E-state index is 0. The molecule has 0 amide bonds. The Bertz CT molecular complexity index is 102. The summed E-state index contributed by atoms with van der Waals surface area (Å²) >= 11 is 0. The summed E-state index contributed by atoms with van der Waals surface area (Å²) in [6.45, 7) is 2.23. The molecular weight excluding hydrogens is 184 g/mol. The van der Waals surface area contributed by atoms with E-state index in [-0.39, 0.29) is 25.2 Å². The van der Waals surface area contributed by atoms with Gasteiger partial charge in [0.1, 0.15) is 6.17 Å². The second kappa shape index (κ2) is 6.01. The van der Waals surface area contributed by atoms with Crippen LogP contribution in [0.15, 0.2) is 0 Å². The number of alkyl halides is 1.